The number of likely N-dealkylation sites (N-methyl/N-ethyl adjacent to an activating group) is 1. The fraction of sp³-hybridized carbons (Fsp3) is 0.158. The van der Waals surface area contributed by atoms with E-state index in [0.717, 1.165) is 5.06 Å². The molecule has 1 aromatic heterocycles. The van der Waals surface area contributed by atoms with Crippen molar-refractivity contribution in [3.05, 3.63) is 66.4 Å². The van der Waals surface area contributed by atoms with Gasteiger partial charge in [-0.2, -0.15) is 17.8 Å². The molecule has 0 aliphatic heterocycles. The van der Waals surface area contributed by atoms with Gasteiger partial charge in [0.15, 0.2) is 0 Å². The zero-order chi connectivity index (χ0) is 20.3. The van der Waals surface area contributed by atoms with Gasteiger partial charge in [0, 0.05) is 25.1 Å². The third kappa shape index (κ3) is 4.28. The summed E-state index contributed by atoms with van der Waals surface area (Å²) < 4.78 is 30.6. The maximum atomic E-state index is 12.8. The van der Waals surface area contributed by atoms with Crippen LogP contribution < -0.4 is 0 Å². The maximum absolute atomic E-state index is 12.8. The van der Waals surface area contributed by atoms with Crippen molar-refractivity contribution < 1.29 is 27.7 Å². The first-order chi connectivity index (χ1) is 13.3. The number of aromatic hydroxyl groups is 1. The Labute approximate surface area is 161 Å². The first-order valence-electron chi connectivity index (χ1n) is 8.30. The van der Waals surface area contributed by atoms with E-state index in [9.17, 15) is 23.4 Å². The fourth-order valence-electron chi connectivity index (χ4n) is 2.75. The minimum atomic E-state index is -4.30. The van der Waals surface area contributed by atoms with E-state index in [2.05, 4.69) is 4.98 Å². The summed E-state index contributed by atoms with van der Waals surface area (Å²) >= 11 is 0. The number of rotatable bonds is 7. The summed E-state index contributed by atoms with van der Waals surface area (Å²) in [5.74, 6) is -1.20. The number of phenols is 1. The average Bonchev–Trinajstić information content (AvgIpc) is 2.66. The van der Waals surface area contributed by atoms with E-state index in [0.29, 0.717) is 10.9 Å². The van der Waals surface area contributed by atoms with Crippen molar-refractivity contribution >= 4 is 27.0 Å². The highest BCUT2D eigenvalue weighted by atomic mass is 32.2. The predicted octanol–water partition coefficient (Wildman–Crippen LogP) is 2.19. The standard InChI is InChI=1S/C19H18N2O6S/c1-21(16(19(23)24)12-13-7-9-15(22)10-8-13)27-28(25,26)17-6-2-4-14-5-3-11-20-18(14)17/h2-11,16,22H,12H2,1H3,(H,23,24)/t16-/m0/s1. The molecule has 0 saturated heterocycles. The minimum absolute atomic E-state index is 0.0184. The molecule has 3 aromatic rings. The van der Waals surface area contributed by atoms with Gasteiger partial charge < -0.3 is 10.2 Å². The molecule has 8 nitrogen and oxygen atoms in total. The monoisotopic (exact) mass is 402 g/mol. The van der Waals surface area contributed by atoms with Crippen LogP contribution in [0.2, 0.25) is 0 Å². The SMILES string of the molecule is CN(OS(=O)(=O)c1cccc2cccnc12)[C@@H](Cc1ccc(O)cc1)C(=O)O. The Kier molecular flexibility index (Phi) is 5.59. The Balaban J connectivity index is 1.86. The molecule has 0 fully saturated rings. The number of hydroxylamine groups is 2. The van der Waals surface area contributed by atoms with E-state index < -0.39 is 22.1 Å². The molecule has 28 heavy (non-hydrogen) atoms. The lowest BCUT2D eigenvalue weighted by molar-refractivity contribution is -0.155. The van der Waals surface area contributed by atoms with Gasteiger partial charge in [0.2, 0.25) is 0 Å². The molecule has 0 bridgehead atoms. The number of carboxylic acids is 1. The number of pyridine rings is 1. The van der Waals surface area contributed by atoms with Gasteiger partial charge >= 0.3 is 16.1 Å². The first-order valence-corrected chi connectivity index (χ1v) is 9.70. The normalized spacial score (nSPS) is 12.9. The van der Waals surface area contributed by atoms with Crippen molar-refractivity contribution in [2.75, 3.05) is 7.05 Å². The largest absolute Gasteiger partial charge is 0.508 e. The molecule has 2 aromatic carbocycles. The van der Waals surface area contributed by atoms with Crippen molar-refractivity contribution in [2.24, 2.45) is 0 Å². The smallest absolute Gasteiger partial charge is 0.323 e. The van der Waals surface area contributed by atoms with Crippen molar-refractivity contribution in [2.45, 2.75) is 17.4 Å². The van der Waals surface area contributed by atoms with Gasteiger partial charge in [-0.15, -0.1) is 0 Å². The molecule has 0 unspecified atom stereocenters. The highest BCUT2D eigenvalue weighted by Crippen LogP contribution is 2.24. The van der Waals surface area contributed by atoms with E-state index >= 15 is 0 Å². The van der Waals surface area contributed by atoms with E-state index in [1.807, 2.05) is 0 Å². The van der Waals surface area contributed by atoms with E-state index in [1.54, 1.807) is 36.4 Å². The second-order valence-electron chi connectivity index (χ2n) is 6.13. The molecule has 0 radical (unpaired) electrons. The van der Waals surface area contributed by atoms with Crippen LogP contribution in [0.15, 0.2) is 65.7 Å². The quantitative estimate of drug-likeness (QED) is 0.578. The van der Waals surface area contributed by atoms with Gasteiger partial charge in [-0.25, -0.2) is 0 Å². The molecule has 0 aliphatic carbocycles. The number of para-hydroxylation sites is 1. The third-order valence-electron chi connectivity index (χ3n) is 4.17. The van der Waals surface area contributed by atoms with Gasteiger partial charge in [0.05, 0.1) is 5.52 Å². The maximum Gasteiger partial charge on any atom is 0.323 e. The van der Waals surface area contributed by atoms with Crippen LogP contribution in [-0.4, -0.2) is 47.7 Å². The van der Waals surface area contributed by atoms with Gasteiger partial charge in [0.1, 0.15) is 16.7 Å². The number of hydrogen-bond donors (Lipinski definition) is 2. The Morgan fingerprint density at radius 1 is 1.14 bits per heavy atom. The summed E-state index contributed by atoms with van der Waals surface area (Å²) in [7, 11) is -3.06. The molecule has 0 saturated carbocycles. The number of aliphatic carboxylic acids is 1. The Hall–Kier alpha value is -3.01. The summed E-state index contributed by atoms with van der Waals surface area (Å²) in [6.07, 6.45) is 1.45. The number of aromatic nitrogens is 1. The molecule has 0 spiro atoms. The van der Waals surface area contributed by atoms with Crippen LogP contribution in [0.3, 0.4) is 0 Å². The zero-order valence-electron chi connectivity index (χ0n) is 14.9. The average molecular weight is 402 g/mol. The molecule has 1 heterocycles. The number of hydrogen-bond acceptors (Lipinski definition) is 7. The lowest BCUT2D eigenvalue weighted by Gasteiger charge is -2.23. The molecular weight excluding hydrogens is 384 g/mol. The fourth-order valence-corrected chi connectivity index (χ4v) is 3.90. The van der Waals surface area contributed by atoms with Crippen molar-refractivity contribution in [1.29, 1.82) is 0 Å². The van der Waals surface area contributed by atoms with Gasteiger partial charge in [-0.05, 0) is 29.8 Å². The van der Waals surface area contributed by atoms with Crippen molar-refractivity contribution in [3.63, 3.8) is 0 Å². The van der Waals surface area contributed by atoms with Crippen LogP contribution in [0.5, 0.6) is 5.75 Å². The Morgan fingerprint density at radius 2 is 1.82 bits per heavy atom. The van der Waals surface area contributed by atoms with Crippen LogP contribution in [0.1, 0.15) is 5.56 Å². The zero-order valence-corrected chi connectivity index (χ0v) is 15.7. The number of carboxylic acid groups (broad SMARTS) is 1. The first kappa shape index (κ1) is 19.7. The number of fused-ring (bicyclic) bond motifs is 1. The highest BCUT2D eigenvalue weighted by molar-refractivity contribution is 7.87. The Bertz CT molecular complexity index is 1090. The molecule has 2 N–H and O–H groups in total. The summed E-state index contributed by atoms with van der Waals surface area (Å²) in [6, 6.07) is 12.7. The summed E-state index contributed by atoms with van der Waals surface area (Å²) in [6.45, 7) is 0. The number of carbonyl (C=O) groups is 1. The molecule has 3 rings (SSSR count). The molecule has 1 atom stereocenters. The molecule has 0 amide bonds. The Morgan fingerprint density at radius 3 is 2.50 bits per heavy atom. The van der Waals surface area contributed by atoms with E-state index in [4.69, 9.17) is 4.28 Å². The summed E-state index contributed by atoms with van der Waals surface area (Å²) in [4.78, 5) is 15.6. The number of benzene rings is 2. The third-order valence-corrected chi connectivity index (χ3v) is 5.47. The number of nitrogens with zero attached hydrogens (tertiary/aromatic N) is 2. The van der Waals surface area contributed by atoms with Crippen LogP contribution in [-0.2, 0) is 25.6 Å². The minimum Gasteiger partial charge on any atom is -0.508 e. The van der Waals surface area contributed by atoms with Crippen LogP contribution in [0, 0.1) is 0 Å². The lowest BCUT2D eigenvalue weighted by atomic mass is 10.1. The number of phenolic OH excluding ortho intramolecular Hbond substituents is 1. The molecular formula is C19H18N2O6S. The molecule has 9 heteroatoms. The van der Waals surface area contributed by atoms with E-state index in [-0.39, 0.29) is 22.6 Å². The van der Waals surface area contributed by atoms with Gasteiger partial charge in [-0.3, -0.25) is 9.78 Å². The molecule has 146 valence electrons. The summed E-state index contributed by atoms with van der Waals surface area (Å²) in [5, 5.41) is 20.3. The van der Waals surface area contributed by atoms with Crippen molar-refractivity contribution in [1.82, 2.24) is 10.0 Å². The van der Waals surface area contributed by atoms with Gasteiger partial charge in [0.25, 0.3) is 0 Å². The van der Waals surface area contributed by atoms with E-state index in [1.165, 1.54) is 31.4 Å². The van der Waals surface area contributed by atoms with Gasteiger partial charge in [-0.1, -0.05) is 30.3 Å². The lowest BCUT2D eigenvalue weighted by Crippen LogP contribution is -2.41. The predicted molar refractivity (Wildman–Crippen MR) is 101 cm³/mol. The van der Waals surface area contributed by atoms with Crippen molar-refractivity contribution in [3.8, 4) is 5.75 Å². The topological polar surface area (TPSA) is 117 Å². The van der Waals surface area contributed by atoms with Crippen LogP contribution >= 0.6 is 0 Å². The van der Waals surface area contributed by atoms with Crippen LogP contribution in [0.4, 0.5) is 0 Å². The summed E-state index contributed by atoms with van der Waals surface area (Å²) in [5.41, 5.74) is 0.841. The molecule has 0 aliphatic rings. The second kappa shape index (κ2) is 7.93. The highest BCUT2D eigenvalue weighted by Gasteiger charge is 2.30. The van der Waals surface area contributed by atoms with Crippen LogP contribution in [0.25, 0.3) is 10.9 Å². The second-order valence-corrected chi connectivity index (χ2v) is 7.63.